The Balaban J connectivity index is 1.43. The molecule has 1 aromatic carbocycles. The molecule has 2 aromatic heterocycles. The van der Waals surface area contributed by atoms with Crippen molar-refractivity contribution >= 4 is 28.1 Å². The van der Waals surface area contributed by atoms with E-state index in [2.05, 4.69) is 21.3 Å². The summed E-state index contributed by atoms with van der Waals surface area (Å²) in [6.07, 6.45) is 4.14. The summed E-state index contributed by atoms with van der Waals surface area (Å²) < 4.78 is 11.7. The van der Waals surface area contributed by atoms with Gasteiger partial charge in [-0.2, -0.15) is 0 Å². The van der Waals surface area contributed by atoms with Gasteiger partial charge in [0.15, 0.2) is 5.13 Å². The first-order chi connectivity index (χ1) is 14.5. The number of carbonyl (C=O) groups excluding carboxylic acids is 1. The molecule has 30 heavy (non-hydrogen) atoms. The fourth-order valence-electron chi connectivity index (χ4n) is 3.73. The molecule has 0 bridgehead atoms. The highest BCUT2D eigenvalue weighted by Gasteiger charge is 2.34. The summed E-state index contributed by atoms with van der Waals surface area (Å²) in [6.45, 7) is 5.71. The van der Waals surface area contributed by atoms with Gasteiger partial charge in [0.25, 0.3) is 5.91 Å². The molecule has 0 saturated heterocycles. The van der Waals surface area contributed by atoms with E-state index in [0.29, 0.717) is 24.6 Å². The largest absolute Gasteiger partial charge is 0.490 e. The lowest BCUT2D eigenvalue weighted by atomic mass is 9.94. The van der Waals surface area contributed by atoms with Gasteiger partial charge in [0.2, 0.25) is 0 Å². The number of ether oxygens (including phenoxy) is 2. The van der Waals surface area contributed by atoms with Crippen molar-refractivity contribution in [2.45, 2.75) is 32.4 Å². The van der Waals surface area contributed by atoms with Crippen LogP contribution < -0.4 is 19.7 Å². The van der Waals surface area contributed by atoms with E-state index in [9.17, 15) is 4.79 Å². The van der Waals surface area contributed by atoms with E-state index in [4.69, 9.17) is 14.5 Å². The van der Waals surface area contributed by atoms with Gasteiger partial charge in [-0.25, -0.2) is 4.98 Å². The second-order valence-electron chi connectivity index (χ2n) is 8.07. The maximum absolute atomic E-state index is 12.5. The van der Waals surface area contributed by atoms with Crippen LogP contribution in [0.5, 0.6) is 11.5 Å². The van der Waals surface area contributed by atoms with E-state index in [1.807, 2.05) is 38.1 Å². The molecule has 0 atom stereocenters. The first-order valence-corrected chi connectivity index (χ1v) is 10.7. The Morgan fingerprint density at radius 3 is 3.07 bits per heavy atom. The second-order valence-corrected chi connectivity index (χ2v) is 9.04. The highest BCUT2D eigenvalue weighted by Crippen LogP contribution is 2.41. The lowest BCUT2D eigenvalue weighted by Gasteiger charge is -2.29. The molecule has 1 amide bonds. The van der Waals surface area contributed by atoms with E-state index in [1.165, 1.54) is 11.3 Å². The average Bonchev–Trinajstić information content (AvgIpc) is 3.15. The Kier molecular flexibility index (Phi) is 4.58. The lowest BCUT2D eigenvalue weighted by Crippen LogP contribution is -2.48. The molecule has 154 valence electrons. The number of aromatic nitrogens is 2. The summed E-state index contributed by atoms with van der Waals surface area (Å²) in [5.41, 5.74) is 2.55. The molecular formula is C22H22N4O3S. The monoisotopic (exact) mass is 422 g/mol. The van der Waals surface area contributed by atoms with Crippen LogP contribution in [0.25, 0.3) is 0 Å². The van der Waals surface area contributed by atoms with Crippen molar-refractivity contribution in [1.82, 2.24) is 15.3 Å². The van der Waals surface area contributed by atoms with E-state index in [0.717, 1.165) is 40.0 Å². The number of benzene rings is 1. The number of amides is 1. The van der Waals surface area contributed by atoms with Gasteiger partial charge in [-0.1, -0.05) is 17.4 Å². The summed E-state index contributed by atoms with van der Waals surface area (Å²) in [4.78, 5) is 24.3. The van der Waals surface area contributed by atoms with Gasteiger partial charge in [0.1, 0.15) is 29.6 Å². The molecule has 0 radical (unpaired) electrons. The number of hydrogen-bond acceptors (Lipinski definition) is 7. The van der Waals surface area contributed by atoms with Crippen LogP contribution in [-0.2, 0) is 13.0 Å². The SMILES string of the molecule is CC1(C)Cc2nc(N3CCOc4ccc(COc5cccnc5)cc43)sc2C(=O)N1. The van der Waals surface area contributed by atoms with Gasteiger partial charge in [-0.15, -0.1) is 0 Å². The minimum Gasteiger partial charge on any atom is -0.490 e. The molecule has 1 N–H and O–H groups in total. The lowest BCUT2D eigenvalue weighted by molar-refractivity contribution is 0.0901. The summed E-state index contributed by atoms with van der Waals surface area (Å²) in [5.74, 6) is 1.49. The molecule has 7 nitrogen and oxygen atoms in total. The van der Waals surface area contributed by atoms with Gasteiger partial charge in [-0.3, -0.25) is 9.78 Å². The van der Waals surface area contributed by atoms with Gasteiger partial charge in [0, 0.05) is 18.2 Å². The van der Waals surface area contributed by atoms with E-state index in [1.54, 1.807) is 12.4 Å². The number of nitrogens with one attached hydrogen (secondary N) is 1. The second kappa shape index (κ2) is 7.28. The minimum atomic E-state index is -0.283. The number of rotatable bonds is 4. The highest BCUT2D eigenvalue weighted by atomic mass is 32.1. The number of carbonyl (C=O) groups is 1. The average molecular weight is 423 g/mol. The molecule has 8 heteroatoms. The topological polar surface area (TPSA) is 76.6 Å². The third kappa shape index (κ3) is 3.59. The van der Waals surface area contributed by atoms with Crippen LogP contribution in [0.4, 0.5) is 10.8 Å². The van der Waals surface area contributed by atoms with Gasteiger partial charge < -0.3 is 19.7 Å². The van der Waals surface area contributed by atoms with Crippen LogP contribution in [0.3, 0.4) is 0 Å². The zero-order valence-corrected chi connectivity index (χ0v) is 17.7. The van der Waals surface area contributed by atoms with Crippen molar-refractivity contribution < 1.29 is 14.3 Å². The van der Waals surface area contributed by atoms with Crippen molar-refractivity contribution in [2.75, 3.05) is 18.1 Å². The molecule has 4 heterocycles. The van der Waals surface area contributed by atoms with Crippen molar-refractivity contribution in [3.05, 3.63) is 58.9 Å². The molecule has 2 aliphatic rings. The Hall–Kier alpha value is -3.13. The number of pyridine rings is 1. The molecule has 3 aromatic rings. The zero-order valence-electron chi connectivity index (χ0n) is 16.8. The van der Waals surface area contributed by atoms with Crippen LogP contribution >= 0.6 is 11.3 Å². The molecule has 0 aliphatic carbocycles. The summed E-state index contributed by atoms with van der Waals surface area (Å²) >= 11 is 1.44. The normalized spacial score (nSPS) is 16.9. The maximum atomic E-state index is 12.5. The predicted molar refractivity (Wildman–Crippen MR) is 115 cm³/mol. The Bertz CT molecular complexity index is 1100. The quantitative estimate of drug-likeness (QED) is 0.691. The predicted octanol–water partition coefficient (Wildman–Crippen LogP) is 3.71. The maximum Gasteiger partial charge on any atom is 0.263 e. The van der Waals surface area contributed by atoms with Crippen LogP contribution in [0.1, 0.15) is 34.8 Å². The number of thiazole rings is 1. The van der Waals surface area contributed by atoms with Crippen molar-refractivity contribution in [3.63, 3.8) is 0 Å². The fraction of sp³-hybridized carbons (Fsp3) is 0.318. The Morgan fingerprint density at radius 2 is 2.23 bits per heavy atom. The van der Waals surface area contributed by atoms with Crippen molar-refractivity contribution in [3.8, 4) is 11.5 Å². The van der Waals surface area contributed by atoms with Crippen LogP contribution in [0.15, 0.2) is 42.7 Å². The van der Waals surface area contributed by atoms with Crippen LogP contribution in [0, 0.1) is 0 Å². The number of hydrogen-bond donors (Lipinski definition) is 1. The van der Waals surface area contributed by atoms with Gasteiger partial charge in [0.05, 0.1) is 24.1 Å². The third-order valence-electron chi connectivity index (χ3n) is 5.11. The fourth-order valence-corrected chi connectivity index (χ4v) is 4.75. The van der Waals surface area contributed by atoms with Gasteiger partial charge in [-0.05, 0) is 43.7 Å². The standard InChI is InChI=1S/C22H22N4O3S/c1-22(2)11-16-19(20(27)25-22)30-21(24-16)26-8-9-28-18-6-5-14(10-17(18)26)13-29-15-4-3-7-23-12-15/h3-7,10,12H,8-9,11,13H2,1-2H3,(H,25,27). The summed E-state index contributed by atoms with van der Waals surface area (Å²) in [6, 6.07) is 9.76. The van der Waals surface area contributed by atoms with Crippen molar-refractivity contribution in [2.24, 2.45) is 0 Å². The number of anilines is 2. The summed E-state index contributed by atoms with van der Waals surface area (Å²) in [5, 5.41) is 3.88. The van der Waals surface area contributed by atoms with Crippen LogP contribution in [-0.4, -0.2) is 34.6 Å². The third-order valence-corrected chi connectivity index (χ3v) is 6.23. The minimum absolute atomic E-state index is 0.0443. The molecule has 0 saturated carbocycles. The van der Waals surface area contributed by atoms with Crippen molar-refractivity contribution in [1.29, 1.82) is 0 Å². The van der Waals surface area contributed by atoms with E-state index < -0.39 is 0 Å². The smallest absolute Gasteiger partial charge is 0.263 e. The zero-order chi connectivity index (χ0) is 20.7. The number of fused-ring (bicyclic) bond motifs is 2. The first-order valence-electron chi connectivity index (χ1n) is 9.87. The first kappa shape index (κ1) is 18.9. The van der Waals surface area contributed by atoms with E-state index in [-0.39, 0.29) is 11.4 Å². The van der Waals surface area contributed by atoms with E-state index >= 15 is 0 Å². The molecule has 2 aliphatic heterocycles. The summed E-state index contributed by atoms with van der Waals surface area (Å²) in [7, 11) is 0. The molecule has 5 rings (SSSR count). The highest BCUT2D eigenvalue weighted by molar-refractivity contribution is 7.17. The molecule has 0 fully saturated rings. The Morgan fingerprint density at radius 1 is 1.33 bits per heavy atom. The van der Waals surface area contributed by atoms with Gasteiger partial charge >= 0.3 is 0 Å². The molecule has 0 spiro atoms. The van der Waals surface area contributed by atoms with Crippen LogP contribution in [0.2, 0.25) is 0 Å². The number of nitrogens with zero attached hydrogens (tertiary/aromatic N) is 3. The molecule has 0 unspecified atom stereocenters. The molecular weight excluding hydrogens is 400 g/mol. The Labute approximate surface area is 178 Å².